The number of benzene rings is 2. The third kappa shape index (κ3) is 5.56. The fourth-order valence-corrected chi connectivity index (χ4v) is 6.43. The number of halogens is 7. The fourth-order valence-electron chi connectivity index (χ4n) is 1.87. The van der Waals surface area contributed by atoms with E-state index >= 15 is 0 Å². The molecule has 2 aromatic carbocycles. The van der Waals surface area contributed by atoms with E-state index in [4.69, 9.17) is 0 Å². The molecule has 4 nitrogen and oxygen atoms in total. The van der Waals surface area contributed by atoms with Gasteiger partial charge in [0.05, 0.1) is 0 Å². The molecule has 27 heavy (non-hydrogen) atoms. The zero-order chi connectivity index (χ0) is 20.6. The molecule has 0 bridgehead atoms. The summed E-state index contributed by atoms with van der Waals surface area (Å²) in [7, 11) is -4.56. The molecule has 0 fully saturated rings. The van der Waals surface area contributed by atoms with Crippen LogP contribution in [0, 0.1) is 10.5 Å². The molecule has 2 rings (SSSR count). The van der Waals surface area contributed by atoms with E-state index in [-0.39, 0.29) is 23.1 Å². The first-order chi connectivity index (χ1) is 12.2. The first-order valence-corrected chi connectivity index (χ1v) is 11.2. The Balaban J connectivity index is 2.43. The molecule has 0 aliphatic rings. The number of hydrogen-bond donors (Lipinski definition) is 1. The molecule has 0 aliphatic heterocycles. The van der Waals surface area contributed by atoms with Crippen LogP contribution in [0.15, 0.2) is 47.4 Å². The molecule has 0 unspecified atom stereocenters. The molecule has 0 saturated heterocycles. The van der Waals surface area contributed by atoms with Crippen molar-refractivity contribution in [2.75, 3.05) is 0 Å². The van der Waals surface area contributed by atoms with Crippen molar-refractivity contribution in [3.63, 3.8) is 0 Å². The first-order valence-electron chi connectivity index (χ1n) is 6.90. The minimum absolute atomic E-state index is 0.123. The van der Waals surface area contributed by atoms with Gasteiger partial charge in [-0.05, 0) is 0 Å². The fraction of sp³-hybridized carbons (Fsp3) is 0.200. The number of rotatable bonds is 4. The third-order valence-electron chi connectivity index (χ3n) is 3.19. The van der Waals surface area contributed by atoms with Crippen molar-refractivity contribution in [2.45, 2.75) is 24.2 Å². The SMILES string of the molecule is Cc1ccc(S(=O)(=O)OI(O)c2cc(C(F)(F)F)cc(C(F)(F)F)c2)cc1. The van der Waals surface area contributed by atoms with Gasteiger partial charge in [0.25, 0.3) is 0 Å². The van der Waals surface area contributed by atoms with Crippen LogP contribution in [0.25, 0.3) is 0 Å². The summed E-state index contributed by atoms with van der Waals surface area (Å²) in [6.45, 7) is 1.67. The van der Waals surface area contributed by atoms with Gasteiger partial charge in [-0.25, -0.2) is 0 Å². The van der Waals surface area contributed by atoms with Crippen molar-refractivity contribution in [3.05, 3.63) is 62.7 Å². The van der Waals surface area contributed by atoms with E-state index in [0.717, 1.165) is 12.1 Å². The average Bonchev–Trinajstić information content (AvgIpc) is 2.52. The molecule has 1 N–H and O–H groups in total. The van der Waals surface area contributed by atoms with Crippen LogP contribution in [0.3, 0.4) is 0 Å². The minimum atomic E-state index is -5.12. The van der Waals surface area contributed by atoms with Crippen molar-refractivity contribution >= 4 is 30.8 Å². The van der Waals surface area contributed by atoms with E-state index in [1.807, 2.05) is 0 Å². The van der Waals surface area contributed by atoms with Crippen LogP contribution in [-0.2, 0) is 25.0 Å². The summed E-state index contributed by atoms with van der Waals surface area (Å²) >= 11 is -4.36. The summed E-state index contributed by atoms with van der Waals surface area (Å²) in [5.41, 5.74) is -2.62. The second-order valence-electron chi connectivity index (χ2n) is 5.28. The Hall–Kier alpha value is -1.38. The Labute approximate surface area is 158 Å². The van der Waals surface area contributed by atoms with Crippen LogP contribution in [-0.4, -0.2) is 11.9 Å². The summed E-state index contributed by atoms with van der Waals surface area (Å²) in [5.74, 6) is 0. The van der Waals surface area contributed by atoms with E-state index in [9.17, 15) is 38.2 Å². The van der Waals surface area contributed by atoms with Gasteiger partial charge in [0.1, 0.15) is 0 Å². The van der Waals surface area contributed by atoms with Gasteiger partial charge in [-0.15, -0.1) is 0 Å². The molecule has 0 aromatic heterocycles. The van der Waals surface area contributed by atoms with Crippen LogP contribution in [0.4, 0.5) is 26.3 Å². The summed E-state index contributed by atoms with van der Waals surface area (Å²) < 4.78 is 115. The van der Waals surface area contributed by atoms with Gasteiger partial charge in [0, 0.05) is 0 Å². The Morgan fingerprint density at radius 2 is 1.33 bits per heavy atom. The van der Waals surface area contributed by atoms with Crippen LogP contribution in [0.2, 0.25) is 0 Å². The van der Waals surface area contributed by atoms with E-state index in [2.05, 4.69) is 2.51 Å². The summed E-state index contributed by atoms with van der Waals surface area (Å²) in [6, 6.07) is 5.50. The Morgan fingerprint density at radius 3 is 1.74 bits per heavy atom. The molecule has 0 atom stereocenters. The maximum atomic E-state index is 12.8. The van der Waals surface area contributed by atoms with Crippen LogP contribution < -0.4 is 0 Å². The van der Waals surface area contributed by atoms with E-state index in [1.54, 1.807) is 6.92 Å². The Bertz CT molecular complexity index is 891. The van der Waals surface area contributed by atoms with Gasteiger partial charge in [-0.1, -0.05) is 0 Å². The monoisotopic (exact) mass is 528 g/mol. The van der Waals surface area contributed by atoms with E-state index in [0.29, 0.717) is 5.56 Å². The van der Waals surface area contributed by atoms with Gasteiger partial charge < -0.3 is 0 Å². The van der Waals surface area contributed by atoms with Gasteiger partial charge in [-0.3, -0.25) is 0 Å². The predicted octanol–water partition coefficient (Wildman–Crippen LogP) is 4.94. The summed E-state index contributed by atoms with van der Waals surface area (Å²) in [4.78, 5) is -0.382. The van der Waals surface area contributed by atoms with Gasteiger partial charge in [0.15, 0.2) is 0 Å². The molecule has 0 spiro atoms. The second-order valence-corrected chi connectivity index (χ2v) is 10.4. The van der Waals surface area contributed by atoms with Crippen LogP contribution >= 0.6 is 20.6 Å². The molecular formula is C15H11F6IO4S. The van der Waals surface area contributed by atoms with Crippen LogP contribution in [0.5, 0.6) is 0 Å². The molecule has 0 saturated carbocycles. The van der Waals surface area contributed by atoms with Crippen molar-refractivity contribution in [2.24, 2.45) is 0 Å². The molecule has 12 heteroatoms. The number of aryl methyl sites for hydroxylation is 1. The standard InChI is InChI=1S/C15H11F6IO4S/c1-9-2-4-13(5-3-9)27(24,25)26-22(23)12-7-10(14(16,17)18)6-11(8-12)15(19,20)21/h2-8,23H,1H3. The zero-order valence-electron chi connectivity index (χ0n) is 13.3. The molecule has 2 aromatic rings. The van der Waals surface area contributed by atoms with Gasteiger partial charge in [0.2, 0.25) is 0 Å². The normalized spacial score (nSPS) is 13.6. The molecule has 0 amide bonds. The van der Waals surface area contributed by atoms with Crippen LogP contribution in [0.1, 0.15) is 16.7 Å². The maximum absolute atomic E-state index is 12.8. The molecule has 0 radical (unpaired) electrons. The van der Waals surface area contributed by atoms with E-state index in [1.165, 1.54) is 12.1 Å². The summed E-state index contributed by atoms with van der Waals surface area (Å²) in [6.07, 6.45) is -10.2. The van der Waals surface area contributed by atoms with Gasteiger partial charge >= 0.3 is 158 Å². The quantitative estimate of drug-likeness (QED) is 0.452. The Kier molecular flexibility index (Phi) is 6.14. The molecule has 0 aliphatic carbocycles. The average molecular weight is 528 g/mol. The van der Waals surface area contributed by atoms with Crippen molar-refractivity contribution in [1.29, 1.82) is 0 Å². The molecule has 150 valence electrons. The predicted molar refractivity (Wildman–Crippen MR) is 90.8 cm³/mol. The van der Waals surface area contributed by atoms with E-state index < -0.39 is 57.8 Å². The molecule has 0 heterocycles. The zero-order valence-corrected chi connectivity index (χ0v) is 16.2. The first kappa shape index (κ1) is 21.9. The van der Waals surface area contributed by atoms with Crippen molar-refractivity contribution in [1.82, 2.24) is 0 Å². The summed E-state index contributed by atoms with van der Waals surface area (Å²) in [5, 5.41) is 0. The number of hydrogen-bond acceptors (Lipinski definition) is 4. The molecular weight excluding hydrogens is 517 g/mol. The second kappa shape index (κ2) is 7.56. The van der Waals surface area contributed by atoms with Crippen molar-refractivity contribution in [3.8, 4) is 0 Å². The topological polar surface area (TPSA) is 63.6 Å². The van der Waals surface area contributed by atoms with Crippen molar-refractivity contribution < 1.29 is 40.7 Å². The van der Waals surface area contributed by atoms with Gasteiger partial charge in [-0.2, -0.15) is 0 Å². The number of alkyl halides is 6. The Morgan fingerprint density at radius 1 is 0.889 bits per heavy atom. The third-order valence-corrected chi connectivity index (χ3v) is 8.46.